The van der Waals surface area contributed by atoms with Crippen LogP contribution in [-0.4, -0.2) is 28.2 Å². The second-order valence-corrected chi connectivity index (χ2v) is 6.37. The zero-order valence-electron chi connectivity index (χ0n) is 13.1. The molecule has 0 N–H and O–H groups in total. The zero-order chi connectivity index (χ0) is 16.4. The number of aromatic nitrogens is 3. The Bertz CT molecular complexity index is 803. The average molecular weight is 341 g/mol. The maximum absolute atomic E-state index is 5.92. The molecule has 1 unspecified atom stereocenters. The van der Waals surface area contributed by atoms with Gasteiger partial charge in [-0.3, -0.25) is 0 Å². The lowest BCUT2D eigenvalue weighted by Crippen LogP contribution is -2.35. The van der Waals surface area contributed by atoms with Gasteiger partial charge in [0.05, 0.1) is 5.92 Å². The third kappa shape index (κ3) is 3.12. The van der Waals surface area contributed by atoms with Gasteiger partial charge in [0.1, 0.15) is 5.82 Å². The summed E-state index contributed by atoms with van der Waals surface area (Å²) in [5.41, 5.74) is 0.909. The second-order valence-electron chi connectivity index (χ2n) is 5.94. The van der Waals surface area contributed by atoms with E-state index in [1.807, 2.05) is 48.7 Å². The van der Waals surface area contributed by atoms with E-state index < -0.39 is 0 Å². The number of nitrogens with zero attached hydrogens (tertiary/aromatic N) is 4. The lowest BCUT2D eigenvalue weighted by molar-refractivity contribution is 0.333. The molecule has 3 aromatic rings. The number of hydrogen-bond acceptors (Lipinski definition) is 5. The van der Waals surface area contributed by atoms with Crippen LogP contribution in [0.1, 0.15) is 24.7 Å². The number of hydrogen-bond donors (Lipinski definition) is 0. The number of benzene rings is 1. The molecule has 0 amide bonds. The summed E-state index contributed by atoms with van der Waals surface area (Å²) in [7, 11) is 0. The molecule has 24 heavy (non-hydrogen) atoms. The standard InChI is InChI=1S/C18H17ClN4O/c19-15-8-6-13(7-9-15)17-21-18(24-22-17)14-4-3-11-23(12-14)16-5-1-2-10-20-16/h1-2,5-10,14H,3-4,11-12H2. The molecule has 0 saturated carbocycles. The van der Waals surface area contributed by atoms with Gasteiger partial charge >= 0.3 is 0 Å². The molecule has 5 nitrogen and oxygen atoms in total. The third-order valence-electron chi connectivity index (χ3n) is 4.29. The fraction of sp³-hybridized carbons (Fsp3) is 0.278. The first kappa shape index (κ1) is 15.1. The topological polar surface area (TPSA) is 55.1 Å². The molecule has 1 saturated heterocycles. The molecule has 1 aromatic carbocycles. The first-order valence-corrected chi connectivity index (χ1v) is 8.43. The highest BCUT2D eigenvalue weighted by molar-refractivity contribution is 6.30. The number of anilines is 1. The third-order valence-corrected chi connectivity index (χ3v) is 4.54. The summed E-state index contributed by atoms with van der Waals surface area (Å²) in [5, 5.41) is 4.82. The minimum atomic E-state index is 0.231. The van der Waals surface area contributed by atoms with Crippen LogP contribution < -0.4 is 4.90 Å². The molecule has 122 valence electrons. The van der Waals surface area contributed by atoms with Gasteiger partial charge < -0.3 is 9.42 Å². The Morgan fingerprint density at radius 1 is 1.12 bits per heavy atom. The van der Waals surface area contributed by atoms with Gasteiger partial charge in [0.15, 0.2) is 0 Å². The SMILES string of the molecule is Clc1ccc(-c2noc(C3CCCN(c4ccccn4)C3)n2)cc1. The predicted molar refractivity (Wildman–Crippen MR) is 93.2 cm³/mol. The van der Waals surface area contributed by atoms with E-state index in [0.717, 1.165) is 37.3 Å². The Morgan fingerprint density at radius 2 is 2.00 bits per heavy atom. The Balaban J connectivity index is 1.52. The van der Waals surface area contributed by atoms with Gasteiger partial charge in [0.2, 0.25) is 11.7 Å². The summed E-state index contributed by atoms with van der Waals surface area (Å²) >= 11 is 5.92. The minimum absolute atomic E-state index is 0.231. The van der Waals surface area contributed by atoms with E-state index >= 15 is 0 Å². The van der Waals surface area contributed by atoms with E-state index in [2.05, 4.69) is 20.0 Å². The van der Waals surface area contributed by atoms with Gasteiger partial charge in [-0.2, -0.15) is 4.98 Å². The van der Waals surface area contributed by atoms with Crippen LogP contribution in [0.25, 0.3) is 11.4 Å². The summed E-state index contributed by atoms with van der Waals surface area (Å²) in [6, 6.07) is 13.4. The summed E-state index contributed by atoms with van der Waals surface area (Å²) < 4.78 is 5.53. The van der Waals surface area contributed by atoms with Crippen molar-refractivity contribution in [3.05, 3.63) is 59.6 Å². The smallest absolute Gasteiger partial charge is 0.231 e. The van der Waals surface area contributed by atoms with Crippen LogP contribution in [-0.2, 0) is 0 Å². The van der Waals surface area contributed by atoms with Crippen LogP contribution in [0.5, 0.6) is 0 Å². The van der Waals surface area contributed by atoms with Crippen LogP contribution in [0, 0.1) is 0 Å². The van der Waals surface area contributed by atoms with Crippen LogP contribution in [0.4, 0.5) is 5.82 Å². The van der Waals surface area contributed by atoms with Crippen LogP contribution in [0.3, 0.4) is 0 Å². The van der Waals surface area contributed by atoms with Gasteiger partial charge in [-0.15, -0.1) is 0 Å². The highest BCUT2D eigenvalue weighted by atomic mass is 35.5. The predicted octanol–water partition coefficient (Wildman–Crippen LogP) is 4.17. The van der Waals surface area contributed by atoms with Gasteiger partial charge in [-0.05, 0) is 49.2 Å². The van der Waals surface area contributed by atoms with Crippen molar-refractivity contribution in [3.63, 3.8) is 0 Å². The van der Waals surface area contributed by atoms with Crippen molar-refractivity contribution in [2.24, 2.45) is 0 Å². The maximum atomic E-state index is 5.92. The molecular formula is C18H17ClN4O. The fourth-order valence-electron chi connectivity index (χ4n) is 3.04. The number of piperidine rings is 1. The number of halogens is 1. The van der Waals surface area contributed by atoms with E-state index in [1.54, 1.807) is 0 Å². The highest BCUT2D eigenvalue weighted by Gasteiger charge is 2.26. The molecule has 2 aromatic heterocycles. The molecular weight excluding hydrogens is 324 g/mol. The van der Waals surface area contributed by atoms with Gasteiger partial charge in [-0.1, -0.05) is 22.8 Å². The largest absolute Gasteiger partial charge is 0.356 e. The molecule has 1 aliphatic rings. The molecule has 0 radical (unpaired) electrons. The normalized spacial score (nSPS) is 17.9. The average Bonchev–Trinajstić information content (AvgIpc) is 3.13. The molecule has 6 heteroatoms. The lowest BCUT2D eigenvalue weighted by atomic mass is 9.98. The van der Waals surface area contributed by atoms with Gasteiger partial charge in [-0.25, -0.2) is 4.98 Å². The molecule has 1 fully saturated rings. The van der Waals surface area contributed by atoms with Crippen molar-refractivity contribution in [2.75, 3.05) is 18.0 Å². The van der Waals surface area contributed by atoms with Crippen molar-refractivity contribution in [1.29, 1.82) is 0 Å². The van der Waals surface area contributed by atoms with Crippen LogP contribution >= 0.6 is 11.6 Å². The van der Waals surface area contributed by atoms with Crippen molar-refractivity contribution >= 4 is 17.4 Å². The fourth-order valence-corrected chi connectivity index (χ4v) is 3.17. The Hall–Kier alpha value is -2.40. The van der Waals surface area contributed by atoms with E-state index in [-0.39, 0.29) is 5.92 Å². The highest BCUT2D eigenvalue weighted by Crippen LogP contribution is 2.29. The Morgan fingerprint density at radius 3 is 2.79 bits per heavy atom. The zero-order valence-corrected chi connectivity index (χ0v) is 13.9. The summed E-state index contributed by atoms with van der Waals surface area (Å²) in [5.74, 6) is 2.53. The van der Waals surface area contributed by atoms with Crippen molar-refractivity contribution < 1.29 is 4.52 Å². The maximum Gasteiger partial charge on any atom is 0.231 e. The van der Waals surface area contributed by atoms with Crippen LogP contribution in [0.2, 0.25) is 5.02 Å². The number of pyridine rings is 1. The molecule has 0 spiro atoms. The Kier molecular flexibility index (Phi) is 4.17. The molecule has 0 aliphatic carbocycles. The molecule has 1 atom stereocenters. The first-order valence-electron chi connectivity index (χ1n) is 8.05. The van der Waals surface area contributed by atoms with E-state index in [1.165, 1.54) is 0 Å². The quantitative estimate of drug-likeness (QED) is 0.716. The molecule has 3 heterocycles. The lowest BCUT2D eigenvalue weighted by Gasteiger charge is -2.31. The minimum Gasteiger partial charge on any atom is -0.356 e. The summed E-state index contributed by atoms with van der Waals surface area (Å²) in [6.45, 7) is 1.85. The molecule has 0 bridgehead atoms. The number of rotatable bonds is 3. The summed E-state index contributed by atoms with van der Waals surface area (Å²) in [6.07, 6.45) is 3.95. The molecule has 4 rings (SSSR count). The van der Waals surface area contributed by atoms with E-state index in [0.29, 0.717) is 16.7 Å². The van der Waals surface area contributed by atoms with Crippen molar-refractivity contribution in [2.45, 2.75) is 18.8 Å². The van der Waals surface area contributed by atoms with Gasteiger partial charge in [0.25, 0.3) is 0 Å². The first-order chi connectivity index (χ1) is 11.8. The second kappa shape index (κ2) is 6.61. The Labute approximate surface area is 145 Å². The van der Waals surface area contributed by atoms with Crippen LogP contribution in [0.15, 0.2) is 53.2 Å². The van der Waals surface area contributed by atoms with Gasteiger partial charge in [0, 0.05) is 29.9 Å². The van der Waals surface area contributed by atoms with E-state index in [4.69, 9.17) is 16.1 Å². The molecule has 1 aliphatic heterocycles. The summed E-state index contributed by atoms with van der Waals surface area (Å²) in [4.78, 5) is 11.3. The van der Waals surface area contributed by atoms with E-state index in [9.17, 15) is 0 Å². The van der Waals surface area contributed by atoms with Crippen molar-refractivity contribution in [3.8, 4) is 11.4 Å². The monoisotopic (exact) mass is 340 g/mol. The van der Waals surface area contributed by atoms with Crippen molar-refractivity contribution in [1.82, 2.24) is 15.1 Å².